The first-order chi connectivity index (χ1) is 10.7. The topological polar surface area (TPSA) is 20.2 Å². The van der Waals surface area contributed by atoms with Gasteiger partial charge in [-0.2, -0.15) is 0 Å². The van der Waals surface area contributed by atoms with Gasteiger partial charge in [0, 0.05) is 0 Å². The molecule has 0 aliphatic carbocycles. The third-order valence-electron chi connectivity index (χ3n) is 3.07. The molecule has 0 aromatic heterocycles. The van der Waals surface area contributed by atoms with Crippen LogP contribution < -0.4 is 0 Å². The van der Waals surface area contributed by atoms with E-state index in [-0.39, 0.29) is 0 Å². The van der Waals surface area contributed by atoms with Crippen LogP contribution in [-0.2, 0) is 0 Å². The Morgan fingerprint density at radius 1 is 0.818 bits per heavy atom. The summed E-state index contributed by atoms with van der Waals surface area (Å²) in [6, 6.07) is 0. The molecule has 0 spiro atoms. The molecule has 0 aliphatic rings. The van der Waals surface area contributed by atoms with Crippen molar-refractivity contribution in [2.45, 2.75) is 52.6 Å². The summed E-state index contributed by atoms with van der Waals surface area (Å²) >= 11 is 0. The molecular formula is C21H32O. The van der Waals surface area contributed by atoms with Gasteiger partial charge in [0.15, 0.2) is 0 Å². The first-order valence-corrected chi connectivity index (χ1v) is 8.31. The Hall–Kier alpha value is -1.60. The SMILES string of the molecule is C/C=C\C/C=C\CC(O)/C=C/C=C/C=C\C(C)C/C=C\CC. The van der Waals surface area contributed by atoms with Gasteiger partial charge in [0.2, 0.25) is 0 Å². The summed E-state index contributed by atoms with van der Waals surface area (Å²) in [6.45, 7) is 6.37. The Balaban J connectivity index is 3.90. The van der Waals surface area contributed by atoms with Crippen molar-refractivity contribution in [3.05, 3.63) is 72.9 Å². The van der Waals surface area contributed by atoms with Gasteiger partial charge in [-0.15, -0.1) is 0 Å². The van der Waals surface area contributed by atoms with Crippen molar-refractivity contribution in [2.75, 3.05) is 0 Å². The molecule has 0 saturated heterocycles. The summed E-state index contributed by atoms with van der Waals surface area (Å²) in [5.74, 6) is 0.560. The summed E-state index contributed by atoms with van der Waals surface area (Å²) < 4.78 is 0. The van der Waals surface area contributed by atoms with E-state index in [1.54, 1.807) is 0 Å². The monoisotopic (exact) mass is 300 g/mol. The standard InChI is InChI=1S/C21H32O/c1-4-6-8-9-14-18-21(22)19-15-11-10-13-17-20(3)16-12-7-5-2/h4,6-7,9-15,17,19-22H,5,8,16,18H2,1-3H3/b6-4-,11-10+,12-7-,14-9-,17-13-,19-15+. The van der Waals surface area contributed by atoms with Gasteiger partial charge in [-0.1, -0.05) is 86.8 Å². The highest BCUT2D eigenvalue weighted by molar-refractivity contribution is 5.13. The molecule has 0 aromatic rings. The Kier molecular flexibility index (Phi) is 14.6. The first-order valence-electron chi connectivity index (χ1n) is 8.31. The van der Waals surface area contributed by atoms with Crippen LogP contribution in [0.5, 0.6) is 0 Å². The molecule has 0 rings (SSSR count). The molecule has 122 valence electrons. The molecule has 2 atom stereocenters. The van der Waals surface area contributed by atoms with Crippen molar-refractivity contribution in [1.82, 2.24) is 0 Å². The molecule has 0 amide bonds. The molecule has 0 aliphatic heterocycles. The predicted octanol–water partition coefficient (Wildman–Crippen LogP) is 5.92. The van der Waals surface area contributed by atoms with Gasteiger partial charge in [0.1, 0.15) is 0 Å². The average Bonchev–Trinajstić information content (AvgIpc) is 2.50. The van der Waals surface area contributed by atoms with Gasteiger partial charge in [0.05, 0.1) is 6.10 Å². The van der Waals surface area contributed by atoms with Crippen LogP contribution in [0.15, 0.2) is 72.9 Å². The van der Waals surface area contributed by atoms with E-state index in [2.05, 4.69) is 50.3 Å². The Morgan fingerprint density at radius 2 is 1.50 bits per heavy atom. The van der Waals surface area contributed by atoms with Gasteiger partial charge in [-0.05, 0) is 38.5 Å². The number of rotatable bonds is 11. The minimum atomic E-state index is -0.409. The maximum absolute atomic E-state index is 9.76. The zero-order chi connectivity index (χ0) is 16.5. The Bertz CT molecular complexity index is 408. The zero-order valence-corrected chi connectivity index (χ0v) is 14.4. The molecule has 0 saturated carbocycles. The molecule has 0 bridgehead atoms. The second-order valence-corrected chi connectivity index (χ2v) is 5.33. The van der Waals surface area contributed by atoms with E-state index in [1.165, 1.54) is 0 Å². The van der Waals surface area contributed by atoms with Crippen LogP contribution in [0.4, 0.5) is 0 Å². The van der Waals surface area contributed by atoms with E-state index < -0.39 is 6.10 Å². The third kappa shape index (κ3) is 14.8. The maximum atomic E-state index is 9.76. The van der Waals surface area contributed by atoms with E-state index in [9.17, 15) is 5.11 Å². The molecule has 0 fully saturated rings. The highest BCUT2D eigenvalue weighted by Gasteiger charge is 1.92. The fourth-order valence-electron chi connectivity index (χ4n) is 1.76. The highest BCUT2D eigenvalue weighted by atomic mass is 16.3. The molecule has 0 heterocycles. The summed E-state index contributed by atoms with van der Waals surface area (Å²) in [7, 11) is 0. The number of hydrogen-bond donors (Lipinski definition) is 1. The van der Waals surface area contributed by atoms with Crippen LogP contribution in [-0.4, -0.2) is 11.2 Å². The van der Waals surface area contributed by atoms with Crippen molar-refractivity contribution in [2.24, 2.45) is 5.92 Å². The molecule has 0 aromatic carbocycles. The second-order valence-electron chi connectivity index (χ2n) is 5.33. The molecule has 1 nitrogen and oxygen atoms in total. The lowest BCUT2D eigenvalue weighted by Gasteiger charge is -1.99. The van der Waals surface area contributed by atoms with Crippen LogP contribution in [0.25, 0.3) is 0 Å². The second kappa shape index (κ2) is 15.8. The molecule has 1 N–H and O–H groups in total. The number of aliphatic hydroxyl groups is 1. The van der Waals surface area contributed by atoms with E-state index in [0.29, 0.717) is 12.3 Å². The minimum absolute atomic E-state index is 0.409. The van der Waals surface area contributed by atoms with Crippen LogP contribution in [0.3, 0.4) is 0 Å². The van der Waals surface area contributed by atoms with Crippen molar-refractivity contribution in [1.29, 1.82) is 0 Å². The van der Waals surface area contributed by atoms with Crippen molar-refractivity contribution in [3.8, 4) is 0 Å². The normalized spacial score (nSPS) is 16.4. The van der Waals surface area contributed by atoms with Gasteiger partial charge < -0.3 is 5.11 Å². The van der Waals surface area contributed by atoms with Gasteiger partial charge in [0.25, 0.3) is 0 Å². The molecular weight excluding hydrogens is 268 g/mol. The lowest BCUT2D eigenvalue weighted by Crippen LogP contribution is -1.98. The fraction of sp³-hybridized carbons (Fsp3) is 0.429. The number of hydrogen-bond acceptors (Lipinski definition) is 1. The third-order valence-corrected chi connectivity index (χ3v) is 3.07. The van der Waals surface area contributed by atoms with Crippen LogP contribution in [0.1, 0.15) is 46.5 Å². The highest BCUT2D eigenvalue weighted by Crippen LogP contribution is 2.05. The lowest BCUT2D eigenvalue weighted by atomic mass is 10.1. The Morgan fingerprint density at radius 3 is 2.18 bits per heavy atom. The predicted molar refractivity (Wildman–Crippen MR) is 99.8 cm³/mol. The molecule has 22 heavy (non-hydrogen) atoms. The van der Waals surface area contributed by atoms with Crippen LogP contribution >= 0.6 is 0 Å². The number of aliphatic hydroxyl groups excluding tert-OH is 1. The van der Waals surface area contributed by atoms with Crippen molar-refractivity contribution in [3.63, 3.8) is 0 Å². The Labute approximate surface area is 137 Å². The summed E-state index contributed by atoms with van der Waals surface area (Å²) in [5, 5.41) is 9.76. The quantitative estimate of drug-likeness (QED) is 0.371. The van der Waals surface area contributed by atoms with Crippen molar-refractivity contribution < 1.29 is 5.11 Å². The largest absolute Gasteiger partial charge is 0.389 e. The van der Waals surface area contributed by atoms with Gasteiger partial charge in [-0.25, -0.2) is 0 Å². The van der Waals surface area contributed by atoms with Crippen LogP contribution in [0, 0.1) is 5.92 Å². The minimum Gasteiger partial charge on any atom is -0.389 e. The maximum Gasteiger partial charge on any atom is 0.0758 e. The average molecular weight is 300 g/mol. The van der Waals surface area contributed by atoms with Crippen molar-refractivity contribution >= 4 is 0 Å². The van der Waals surface area contributed by atoms with Gasteiger partial charge in [-0.3, -0.25) is 0 Å². The van der Waals surface area contributed by atoms with E-state index >= 15 is 0 Å². The molecule has 1 heteroatoms. The fourth-order valence-corrected chi connectivity index (χ4v) is 1.76. The van der Waals surface area contributed by atoms with E-state index in [4.69, 9.17) is 0 Å². The number of allylic oxidation sites excluding steroid dienone is 10. The van der Waals surface area contributed by atoms with E-state index in [0.717, 1.165) is 19.3 Å². The smallest absolute Gasteiger partial charge is 0.0758 e. The summed E-state index contributed by atoms with van der Waals surface area (Å²) in [5.41, 5.74) is 0. The molecule has 2 unspecified atom stereocenters. The summed E-state index contributed by atoms with van der Waals surface area (Å²) in [4.78, 5) is 0. The molecule has 0 radical (unpaired) electrons. The summed E-state index contributed by atoms with van der Waals surface area (Å²) in [6.07, 6.45) is 28.0. The van der Waals surface area contributed by atoms with Gasteiger partial charge >= 0.3 is 0 Å². The van der Waals surface area contributed by atoms with E-state index in [1.807, 2.05) is 43.4 Å². The lowest BCUT2D eigenvalue weighted by molar-refractivity contribution is 0.227. The first kappa shape index (κ1) is 20.4. The van der Waals surface area contributed by atoms with Crippen LogP contribution in [0.2, 0.25) is 0 Å². The zero-order valence-electron chi connectivity index (χ0n) is 14.4.